The van der Waals surface area contributed by atoms with Gasteiger partial charge in [-0.2, -0.15) is 0 Å². The topological polar surface area (TPSA) is 84.5 Å². The van der Waals surface area contributed by atoms with Gasteiger partial charge < -0.3 is 15.4 Å². The van der Waals surface area contributed by atoms with E-state index in [1.54, 1.807) is 13.8 Å². The fraction of sp³-hybridized carbons (Fsp3) is 0.320. The molecular formula is C25H28N2O4. The van der Waals surface area contributed by atoms with Crippen LogP contribution in [0.3, 0.4) is 0 Å². The highest BCUT2D eigenvalue weighted by Crippen LogP contribution is 2.21. The maximum absolute atomic E-state index is 12.6. The lowest BCUT2D eigenvalue weighted by molar-refractivity contribution is -0.148. The Balaban J connectivity index is 1.72. The molecule has 0 saturated heterocycles. The minimum Gasteiger partial charge on any atom is -0.466 e. The van der Waals surface area contributed by atoms with Crippen molar-refractivity contribution < 1.29 is 19.1 Å². The Morgan fingerprint density at radius 1 is 1.06 bits per heavy atom. The lowest BCUT2D eigenvalue weighted by atomic mass is 9.94. The van der Waals surface area contributed by atoms with Crippen LogP contribution < -0.4 is 10.6 Å². The molecule has 0 saturated carbocycles. The summed E-state index contributed by atoms with van der Waals surface area (Å²) >= 11 is 0. The number of carbonyl (C=O) groups is 3. The average Bonchev–Trinajstić information content (AvgIpc) is 3.21. The molecule has 162 valence electrons. The largest absolute Gasteiger partial charge is 0.466 e. The molecule has 0 aliphatic carbocycles. The van der Waals surface area contributed by atoms with E-state index in [9.17, 15) is 14.4 Å². The van der Waals surface area contributed by atoms with E-state index in [0.717, 1.165) is 16.7 Å². The van der Waals surface area contributed by atoms with Crippen LogP contribution in [0, 0.1) is 5.92 Å². The summed E-state index contributed by atoms with van der Waals surface area (Å²) in [5, 5.41) is 5.60. The Morgan fingerprint density at radius 2 is 1.74 bits per heavy atom. The van der Waals surface area contributed by atoms with Crippen molar-refractivity contribution in [2.45, 2.75) is 32.7 Å². The summed E-state index contributed by atoms with van der Waals surface area (Å²) in [4.78, 5) is 36.1. The fourth-order valence-corrected chi connectivity index (χ4v) is 3.62. The number of hydrogen-bond acceptors (Lipinski definition) is 4. The Kier molecular flexibility index (Phi) is 7.60. The molecule has 0 aromatic heterocycles. The van der Waals surface area contributed by atoms with Gasteiger partial charge >= 0.3 is 5.97 Å². The molecule has 2 aromatic rings. The van der Waals surface area contributed by atoms with E-state index < -0.39 is 0 Å². The van der Waals surface area contributed by atoms with E-state index in [2.05, 4.69) is 34.9 Å². The lowest BCUT2D eigenvalue weighted by Crippen LogP contribution is -2.40. The zero-order chi connectivity index (χ0) is 22.2. The van der Waals surface area contributed by atoms with E-state index >= 15 is 0 Å². The first-order chi connectivity index (χ1) is 15.0. The minimum absolute atomic E-state index is 0.219. The molecule has 0 bridgehead atoms. The van der Waals surface area contributed by atoms with Gasteiger partial charge in [-0.15, -0.1) is 0 Å². The van der Waals surface area contributed by atoms with Crippen LogP contribution in [-0.4, -0.2) is 37.0 Å². The van der Waals surface area contributed by atoms with Gasteiger partial charge in [0.05, 0.1) is 12.5 Å². The maximum Gasteiger partial charge on any atom is 0.308 e. The van der Waals surface area contributed by atoms with Gasteiger partial charge in [0.15, 0.2) is 0 Å². The molecule has 1 aliphatic rings. The molecule has 2 amide bonds. The van der Waals surface area contributed by atoms with Crippen LogP contribution in [-0.2, 0) is 25.5 Å². The van der Waals surface area contributed by atoms with Gasteiger partial charge in [0.2, 0.25) is 11.8 Å². The van der Waals surface area contributed by atoms with Crippen molar-refractivity contribution in [3.05, 3.63) is 71.8 Å². The van der Waals surface area contributed by atoms with Crippen LogP contribution >= 0.6 is 0 Å². The van der Waals surface area contributed by atoms with Gasteiger partial charge in [-0.3, -0.25) is 14.4 Å². The van der Waals surface area contributed by atoms with Crippen LogP contribution in [0.5, 0.6) is 0 Å². The summed E-state index contributed by atoms with van der Waals surface area (Å²) in [6.07, 6.45) is 2.33. The molecule has 0 radical (unpaired) electrons. The Labute approximate surface area is 182 Å². The highest BCUT2D eigenvalue weighted by atomic mass is 16.5. The average molecular weight is 421 g/mol. The predicted molar refractivity (Wildman–Crippen MR) is 119 cm³/mol. The summed E-state index contributed by atoms with van der Waals surface area (Å²) in [5.74, 6) is -1.19. The van der Waals surface area contributed by atoms with E-state index in [4.69, 9.17) is 4.74 Å². The predicted octanol–water partition coefficient (Wildman–Crippen LogP) is 3.03. The Bertz CT molecular complexity index is 951. The third-order valence-electron chi connectivity index (χ3n) is 5.26. The molecule has 6 nitrogen and oxygen atoms in total. The highest BCUT2D eigenvalue weighted by molar-refractivity contribution is 6.04. The second-order valence-electron chi connectivity index (χ2n) is 7.71. The molecule has 2 atom stereocenters. The molecule has 0 fully saturated rings. The number of amides is 2. The van der Waals surface area contributed by atoms with Gasteiger partial charge in [-0.25, -0.2) is 0 Å². The molecule has 1 aliphatic heterocycles. The molecule has 2 aromatic carbocycles. The normalized spacial score (nSPS) is 14.9. The molecule has 6 heteroatoms. The van der Waals surface area contributed by atoms with Crippen LogP contribution in [0.4, 0.5) is 0 Å². The molecule has 3 rings (SSSR count). The van der Waals surface area contributed by atoms with Crippen LogP contribution in [0.25, 0.3) is 11.1 Å². The zero-order valence-electron chi connectivity index (χ0n) is 17.9. The molecule has 31 heavy (non-hydrogen) atoms. The Morgan fingerprint density at radius 3 is 2.35 bits per heavy atom. The molecule has 2 N–H and O–H groups in total. The molecule has 0 unspecified atom stereocenters. The standard InChI is InChI=1S/C25H28N2O4/c1-3-31-25(30)17(2)13-22(27-24(29)21-15-23(28)26-16-21)14-18-9-11-20(12-10-18)19-7-5-4-6-8-19/h4-12,15,17,22H,3,13-14,16H2,1-2H3,(H,26,28)(H,27,29)/t17-,22+/m1/s1. The van der Waals surface area contributed by atoms with Crippen molar-refractivity contribution in [3.8, 4) is 11.1 Å². The summed E-state index contributed by atoms with van der Waals surface area (Å²) in [5.41, 5.74) is 3.71. The van der Waals surface area contributed by atoms with Crippen LogP contribution in [0.1, 0.15) is 25.8 Å². The van der Waals surface area contributed by atoms with Crippen molar-refractivity contribution in [3.63, 3.8) is 0 Å². The van der Waals surface area contributed by atoms with Gasteiger partial charge in [-0.05, 0) is 36.5 Å². The molecule has 0 spiro atoms. The van der Waals surface area contributed by atoms with Crippen molar-refractivity contribution in [2.75, 3.05) is 13.2 Å². The van der Waals surface area contributed by atoms with E-state index in [-0.39, 0.29) is 36.3 Å². The van der Waals surface area contributed by atoms with Gasteiger partial charge in [0.25, 0.3) is 0 Å². The van der Waals surface area contributed by atoms with Gasteiger partial charge in [-0.1, -0.05) is 61.5 Å². The zero-order valence-corrected chi connectivity index (χ0v) is 17.9. The Hall–Kier alpha value is -3.41. The second kappa shape index (κ2) is 10.6. The second-order valence-corrected chi connectivity index (χ2v) is 7.71. The number of carbonyl (C=O) groups excluding carboxylic acids is 3. The number of esters is 1. The third-order valence-corrected chi connectivity index (χ3v) is 5.26. The number of nitrogens with one attached hydrogen (secondary N) is 2. The number of hydrogen-bond donors (Lipinski definition) is 2. The molecular weight excluding hydrogens is 392 g/mol. The first-order valence-electron chi connectivity index (χ1n) is 10.6. The number of rotatable bonds is 9. The van der Waals surface area contributed by atoms with E-state index in [1.807, 2.05) is 30.3 Å². The smallest absolute Gasteiger partial charge is 0.308 e. The molecule has 1 heterocycles. The number of benzene rings is 2. The monoisotopic (exact) mass is 420 g/mol. The SMILES string of the molecule is CCOC(=O)[C@H](C)C[C@@H](Cc1ccc(-c2ccccc2)cc1)NC(=O)C1=CC(=O)NC1. The quantitative estimate of drug-likeness (QED) is 0.611. The first-order valence-corrected chi connectivity index (χ1v) is 10.6. The lowest BCUT2D eigenvalue weighted by Gasteiger charge is -2.22. The summed E-state index contributed by atoms with van der Waals surface area (Å²) < 4.78 is 5.12. The van der Waals surface area contributed by atoms with Crippen LogP contribution in [0.2, 0.25) is 0 Å². The van der Waals surface area contributed by atoms with Crippen molar-refractivity contribution >= 4 is 17.8 Å². The van der Waals surface area contributed by atoms with Crippen molar-refractivity contribution in [1.82, 2.24) is 10.6 Å². The van der Waals surface area contributed by atoms with Gasteiger partial charge in [0, 0.05) is 24.2 Å². The minimum atomic E-state index is -0.355. The summed E-state index contributed by atoms with van der Waals surface area (Å²) in [6.45, 7) is 4.11. The van der Waals surface area contributed by atoms with Gasteiger partial charge in [0.1, 0.15) is 0 Å². The van der Waals surface area contributed by atoms with Crippen molar-refractivity contribution in [1.29, 1.82) is 0 Å². The van der Waals surface area contributed by atoms with E-state index in [0.29, 0.717) is 25.0 Å². The third kappa shape index (κ3) is 6.28. The van der Waals surface area contributed by atoms with Crippen LogP contribution in [0.15, 0.2) is 66.2 Å². The van der Waals surface area contributed by atoms with Crippen molar-refractivity contribution in [2.24, 2.45) is 5.92 Å². The summed E-state index contributed by atoms with van der Waals surface area (Å²) in [7, 11) is 0. The van der Waals surface area contributed by atoms with E-state index in [1.165, 1.54) is 6.08 Å². The number of ether oxygens (including phenoxy) is 1. The highest BCUT2D eigenvalue weighted by Gasteiger charge is 2.24. The summed E-state index contributed by atoms with van der Waals surface area (Å²) in [6, 6.07) is 18.0. The first kappa shape index (κ1) is 22.3. The fourth-order valence-electron chi connectivity index (χ4n) is 3.62. The maximum atomic E-state index is 12.6.